The number of halogens is 1. The summed E-state index contributed by atoms with van der Waals surface area (Å²) in [5.41, 5.74) is 1.34. The van der Waals surface area contributed by atoms with Crippen LogP contribution >= 0.6 is 11.6 Å². The highest BCUT2D eigenvalue weighted by Crippen LogP contribution is 2.23. The minimum atomic E-state index is -0.132. The lowest BCUT2D eigenvalue weighted by Gasteiger charge is -2.22. The third-order valence-electron chi connectivity index (χ3n) is 2.26. The maximum absolute atomic E-state index is 11.7. The number of rotatable bonds is 2. The molecule has 0 saturated carbocycles. The van der Waals surface area contributed by atoms with Gasteiger partial charge in [0.1, 0.15) is 0 Å². The summed E-state index contributed by atoms with van der Waals surface area (Å²) in [5, 5.41) is 9.43. The van der Waals surface area contributed by atoms with Crippen LogP contribution in [0.4, 0.5) is 10.5 Å². The van der Waals surface area contributed by atoms with E-state index in [1.807, 2.05) is 0 Å². The molecule has 0 unspecified atom stereocenters. The number of aliphatic hydroxyl groups excluding tert-OH is 1. The standard InChI is InChI=1S/C11H15ClN2O2/c1-13(2)11(16)14(3)9-5-4-8(7-15)10(12)6-9/h4-6,15H,7H2,1-3H3. The molecule has 0 radical (unpaired) electrons. The lowest BCUT2D eigenvalue weighted by molar-refractivity contribution is 0.225. The van der Waals surface area contributed by atoms with Gasteiger partial charge in [0.25, 0.3) is 0 Å². The molecule has 0 atom stereocenters. The lowest BCUT2D eigenvalue weighted by Crippen LogP contribution is -2.36. The molecule has 0 aliphatic carbocycles. The van der Waals surface area contributed by atoms with Gasteiger partial charge in [-0.2, -0.15) is 0 Å². The molecule has 1 aromatic rings. The molecular formula is C11H15ClN2O2. The number of urea groups is 1. The van der Waals surface area contributed by atoms with E-state index < -0.39 is 0 Å². The van der Waals surface area contributed by atoms with Gasteiger partial charge in [0.15, 0.2) is 0 Å². The van der Waals surface area contributed by atoms with Crippen LogP contribution in [-0.2, 0) is 6.61 Å². The SMILES string of the molecule is CN(C)C(=O)N(C)c1ccc(CO)c(Cl)c1. The van der Waals surface area contributed by atoms with Crippen LogP contribution < -0.4 is 4.90 Å². The van der Waals surface area contributed by atoms with Crippen LogP contribution in [0.5, 0.6) is 0 Å². The Morgan fingerprint density at radius 2 is 2.00 bits per heavy atom. The van der Waals surface area contributed by atoms with Crippen LogP contribution in [0.25, 0.3) is 0 Å². The quantitative estimate of drug-likeness (QED) is 0.862. The zero-order valence-corrected chi connectivity index (χ0v) is 10.3. The topological polar surface area (TPSA) is 43.8 Å². The van der Waals surface area contributed by atoms with E-state index in [0.717, 1.165) is 0 Å². The first-order valence-electron chi connectivity index (χ1n) is 4.81. The van der Waals surface area contributed by atoms with Gasteiger partial charge in [0.05, 0.1) is 6.61 Å². The number of amides is 2. The molecule has 1 aromatic carbocycles. The van der Waals surface area contributed by atoms with Crippen LogP contribution in [0.15, 0.2) is 18.2 Å². The van der Waals surface area contributed by atoms with Crippen LogP contribution in [0.3, 0.4) is 0 Å². The molecule has 5 heteroatoms. The summed E-state index contributed by atoms with van der Waals surface area (Å²) in [5.74, 6) is 0. The van der Waals surface area contributed by atoms with E-state index in [4.69, 9.17) is 16.7 Å². The van der Waals surface area contributed by atoms with E-state index in [0.29, 0.717) is 16.3 Å². The smallest absolute Gasteiger partial charge is 0.323 e. The molecule has 1 rings (SSSR count). The monoisotopic (exact) mass is 242 g/mol. The molecule has 0 fully saturated rings. The third-order valence-corrected chi connectivity index (χ3v) is 2.62. The molecule has 0 saturated heterocycles. The molecule has 0 spiro atoms. The highest BCUT2D eigenvalue weighted by molar-refractivity contribution is 6.31. The second-order valence-corrected chi connectivity index (χ2v) is 4.08. The van der Waals surface area contributed by atoms with E-state index in [-0.39, 0.29) is 12.6 Å². The maximum atomic E-state index is 11.7. The third kappa shape index (κ3) is 2.65. The van der Waals surface area contributed by atoms with Crippen molar-refractivity contribution in [2.75, 3.05) is 26.0 Å². The molecule has 4 nitrogen and oxygen atoms in total. The average Bonchev–Trinajstić information content (AvgIpc) is 2.26. The lowest BCUT2D eigenvalue weighted by atomic mass is 10.2. The van der Waals surface area contributed by atoms with Gasteiger partial charge in [0, 0.05) is 31.9 Å². The first kappa shape index (κ1) is 12.8. The molecule has 16 heavy (non-hydrogen) atoms. The zero-order chi connectivity index (χ0) is 12.3. The zero-order valence-electron chi connectivity index (χ0n) is 9.57. The van der Waals surface area contributed by atoms with Crippen molar-refractivity contribution in [3.05, 3.63) is 28.8 Å². The minimum Gasteiger partial charge on any atom is -0.392 e. The molecule has 0 aliphatic rings. The number of hydrogen-bond acceptors (Lipinski definition) is 2. The average molecular weight is 243 g/mol. The van der Waals surface area contributed by atoms with E-state index in [1.165, 1.54) is 9.80 Å². The summed E-state index contributed by atoms with van der Waals surface area (Å²) in [4.78, 5) is 14.6. The summed E-state index contributed by atoms with van der Waals surface area (Å²) in [6.07, 6.45) is 0. The second-order valence-electron chi connectivity index (χ2n) is 3.67. The van der Waals surface area contributed by atoms with Crippen molar-refractivity contribution in [1.29, 1.82) is 0 Å². The van der Waals surface area contributed by atoms with Crippen molar-refractivity contribution in [1.82, 2.24) is 4.90 Å². The Balaban J connectivity index is 2.97. The second kappa shape index (κ2) is 5.18. The molecule has 88 valence electrons. The number of benzene rings is 1. The van der Waals surface area contributed by atoms with Crippen molar-refractivity contribution in [3.8, 4) is 0 Å². The highest BCUT2D eigenvalue weighted by atomic mass is 35.5. The van der Waals surface area contributed by atoms with Gasteiger partial charge in [-0.05, 0) is 17.7 Å². The number of nitrogens with zero attached hydrogens (tertiary/aromatic N) is 2. The Hall–Kier alpha value is -1.26. The minimum absolute atomic E-state index is 0.107. The van der Waals surface area contributed by atoms with Crippen molar-refractivity contribution in [2.24, 2.45) is 0 Å². The normalized spacial score (nSPS) is 10.1. The Bertz CT molecular complexity index is 394. The molecule has 2 amide bonds. The Morgan fingerprint density at radius 1 is 1.38 bits per heavy atom. The van der Waals surface area contributed by atoms with Gasteiger partial charge in [-0.25, -0.2) is 4.79 Å². The van der Waals surface area contributed by atoms with E-state index in [2.05, 4.69) is 0 Å². The first-order chi connectivity index (χ1) is 7.47. The fourth-order valence-corrected chi connectivity index (χ4v) is 1.52. The number of hydrogen-bond donors (Lipinski definition) is 1. The van der Waals surface area contributed by atoms with Gasteiger partial charge in [-0.1, -0.05) is 17.7 Å². The van der Waals surface area contributed by atoms with Crippen molar-refractivity contribution < 1.29 is 9.90 Å². The van der Waals surface area contributed by atoms with Gasteiger partial charge in [-0.3, -0.25) is 4.90 Å². The summed E-state index contributed by atoms with van der Waals surface area (Å²) < 4.78 is 0. The molecular weight excluding hydrogens is 228 g/mol. The molecule has 1 N–H and O–H groups in total. The fraction of sp³-hybridized carbons (Fsp3) is 0.364. The van der Waals surface area contributed by atoms with Crippen molar-refractivity contribution in [2.45, 2.75) is 6.61 Å². The van der Waals surface area contributed by atoms with Crippen LogP contribution in [-0.4, -0.2) is 37.2 Å². The largest absolute Gasteiger partial charge is 0.392 e. The van der Waals surface area contributed by atoms with Gasteiger partial charge in [0.2, 0.25) is 0 Å². The van der Waals surface area contributed by atoms with E-state index >= 15 is 0 Å². The van der Waals surface area contributed by atoms with Crippen LogP contribution in [0.2, 0.25) is 5.02 Å². The Kier molecular flexibility index (Phi) is 4.15. The van der Waals surface area contributed by atoms with E-state index in [9.17, 15) is 4.79 Å². The van der Waals surface area contributed by atoms with Crippen molar-refractivity contribution >= 4 is 23.3 Å². The van der Waals surface area contributed by atoms with Crippen molar-refractivity contribution in [3.63, 3.8) is 0 Å². The molecule has 0 bridgehead atoms. The first-order valence-corrected chi connectivity index (χ1v) is 5.19. The van der Waals surface area contributed by atoms with Gasteiger partial charge >= 0.3 is 6.03 Å². The van der Waals surface area contributed by atoms with Gasteiger partial charge < -0.3 is 10.0 Å². The summed E-state index contributed by atoms with van der Waals surface area (Å²) in [7, 11) is 5.04. The summed E-state index contributed by atoms with van der Waals surface area (Å²) in [6.45, 7) is -0.107. The Morgan fingerprint density at radius 3 is 2.44 bits per heavy atom. The molecule has 0 heterocycles. The molecule has 0 aromatic heterocycles. The predicted octanol–water partition coefficient (Wildman–Crippen LogP) is 1.95. The van der Waals surface area contributed by atoms with Gasteiger partial charge in [-0.15, -0.1) is 0 Å². The summed E-state index contributed by atoms with van der Waals surface area (Å²) in [6, 6.07) is 4.98. The highest BCUT2D eigenvalue weighted by Gasteiger charge is 2.13. The number of carbonyl (C=O) groups excluding carboxylic acids is 1. The number of aliphatic hydroxyl groups is 1. The molecule has 0 aliphatic heterocycles. The van der Waals surface area contributed by atoms with E-state index in [1.54, 1.807) is 39.3 Å². The fourth-order valence-electron chi connectivity index (χ4n) is 1.28. The summed E-state index contributed by atoms with van der Waals surface area (Å²) >= 11 is 5.95. The van der Waals surface area contributed by atoms with Crippen LogP contribution in [0.1, 0.15) is 5.56 Å². The van der Waals surface area contributed by atoms with Crippen LogP contribution in [0, 0.1) is 0 Å². The maximum Gasteiger partial charge on any atom is 0.323 e. The Labute approximate surface area is 100 Å². The number of carbonyl (C=O) groups is 1. The number of anilines is 1. The predicted molar refractivity (Wildman–Crippen MR) is 64.9 cm³/mol.